The summed E-state index contributed by atoms with van der Waals surface area (Å²) in [5, 5.41) is 12.0. The quantitative estimate of drug-likeness (QED) is 0.671. The molecule has 1 N–H and O–H groups in total. The fraction of sp³-hybridized carbons (Fsp3) is 0.389. The lowest BCUT2D eigenvalue weighted by molar-refractivity contribution is -0.130. The van der Waals surface area contributed by atoms with E-state index in [0.717, 1.165) is 31.2 Å². The zero-order chi connectivity index (χ0) is 15.8. The van der Waals surface area contributed by atoms with Gasteiger partial charge in [-0.3, -0.25) is 9.59 Å². The molecular weight excluding hydrogens is 276 g/mol. The minimum absolute atomic E-state index is 0.100. The average molecular weight is 296 g/mol. The number of nitrogens with zero attached hydrogens (tertiary/aromatic N) is 1. The third-order valence-electron chi connectivity index (χ3n) is 3.87. The first kappa shape index (κ1) is 16.0. The number of carbonyl (C=O) groups is 2. The highest BCUT2D eigenvalue weighted by atomic mass is 16.2. The van der Waals surface area contributed by atoms with Gasteiger partial charge in [-0.15, -0.1) is 0 Å². The van der Waals surface area contributed by atoms with Crippen molar-refractivity contribution in [2.45, 2.75) is 38.1 Å². The normalized spacial score (nSPS) is 16.9. The van der Waals surface area contributed by atoms with Crippen molar-refractivity contribution in [3.8, 4) is 6.07 Å². The summed E-state index contributed by atoms with van der Waals surface area (Å²) in [6, 6.07) is 11.2. The lowest BCUT2D eigenvalue weighted by atomic mass is 9.94. The number of hydrogen-bond donors (Lipinski definition) is 1. The van der Waals surface area contributed by atoms with Gasteiger partial charge in [0.2, 0.25) is 5.91 Å². The van der Waals surface area contributed by atoms with E-state index < -0.39 is 17.6 Å². The Bertz CT molecular complexity index is 581. The van der Waals surface area contributed by atoms with Crippen molar-refractivity contribution < 1.29 is 9.59 Å². The summed E-state index contributed by atoms with van der Waals surface area (Å²) in [7, 11) is 0. The summed E-state index contributed by atoms with van der Waals surface area (Å²) in [5.41, 5.74) is 0.861. The van der Waals surface area contributed by atoms with Crippen LogP contribution in [-0.4, -0.2) is 17.7 Å². The predicted octanol–water partition coefficient (Wildman–Crippen LogP) is 2.86. The SMILES string of the molecule is N#C[C@@H](C(=O)/C=C/c1ccccc1)C(=O)NC1CCCCC1. The summed E-state index contributed by atoms with van der Waals surface area (Å²) in [4.78, 5) is 24.2. The number of allylic oxidation sites excluding steroid dienone is 1. The zero-order valence-corrected chi connectivity index (χ0v) is 12.5. The number of hydrogen-bond acceptors (Lipinski definition) is 3. The Morgan fingerprint density at radius 1 is 1.18 bits per heavy atom. The van der Waals surface area contributed by atoms with Crippen LogP contribution in [0.25, 0.3) is 6.08 Å². The molecule has 0 spiro atoms. The van der Waals surface area contributed by atoms with Gasteiger partial charge in [-0.25, -0.2) is 0 Å². The molecule has 1 saturated carbocycles. The zero-order valence-electron chi connectivity index (χ0n) is 12.5. The fourth-order valence-electron chi connectivity index (χ4n) is 2.62. The third kappa shape index (κ3) is 4.56. The van der Waals surface area contributed by atoms with E-state index in [0.29, 0.717) is 0 Å². The van der Waals surface area contributed by atoms with E-state index >= 15 is 0 Å². The van der Waals surface area contributed by atoms with Crippen molar-refractivity contribution in [3.05, 3.63) is 42.0 Å². The largest absolute Gasteiger partial charge is 0.352 e. The number of nitriles is 1. The highest BCUT2D eigenvalue weighted by Gasteiger charge is 2.26. The Kier molecular flexibility index (Phi) is 5.91. The second-order valence-corrected chi connectivity index (χ2v) is 5.55. The Morgan fingerprint density at radius 3 is 2.50 bits per heavy atom. The van der Waals surface area contributed by atoms with Crippen LogP contribution in [0.15, 0.2) is 36.4 Å². The van der Waals surface area contributed by atoms with Crippen LogP contribution in [0.1, 0.15) is 37.7 Å². The highest BCUT2D eigenvalue weighted by molar-refractivity contribution is 6.10. The molecule has 0 bridgehead atoms. The van der Waals surface area contributed by atoms with Gasteiger partial charge in [-0.1, -0.05) is 55.7 Å². The summed E-state index contributed by atoms with van der Waals surface area (Å²) >= 11 is 0. The summed E-state index contributed by atoms with van der Waals surface area (Å²) in [6.07, 6.45) is 8.15. The van der Waals surface area contributed by atoms with Crippen LogP contribution >= 0.6 is 0 Å². The van der Waals surface area contributed by atoms with Crippen molar-refractivity contribution in [1.82, 2.24) is 5.32 Å². The summed E-state index contributed by atoms with van der Waals surface area (Å²) in [5.74, 6) is -2.21. The Morgan fingerprint density at radius 2 is 1.86 bits per heavy atom. The van der Waals surface area contributed by atoms with Gasteiger partial charge in [0, 0.05) is 6.04 Å². The molecule has 1 aromatic carbocycles. The smallest absolute Gasteiger partial charge is 0.245 e. The molecule has 1 aliphatic carbocycles. The molecule has 2 rings (SSSR count). The molecule has 1 atom stereocenters. The van der Waals surface area contributed by atoms with Gasteiger partial charge in [0.15, 0.2) is 11.7 Å². The fourth-order valence-corrected chi connectivity index (χ4v) is 2.62. The average Bonchev–Trinajstić information content (AvgIpc) is 2.55. The predicted molar refractivity (Wildman–Crippen MR) is 84.6 cm³/mol. The number of amides is 1. The van der Waals surface area contributed by atoms with E-state index in [4.69, 9.17) is 5.26 Å². The minimum Gasteiger partial charge on any atom is -0.352 e. The molecule has 0 aromatic heterocycles. The molecule has 114 valence electrons. The molecule has 0 saturated heterocycles. The Labute approximate surface area is 130 Å². The molecule has 1 aromatic rings. The Hall–Kier alpha value is -2.41. The van der Waals surface area contributed by atoms with Gasteiger partial charge in [0.25, 0.3) is 0 Å². The summed E-state index contributed by atoms with van der Waals surface area (Å²) in [6.45, 7) is 0. The number of ketones is 1. The standard InChI is InChI=1S/C18H20N2O2/c19-13-16(18(22)20-15-9-5-2-6-10-15)17(21)12-11-14-7-3-1-4-8-14/h1,3-4,7-8,11-12,15-16H,2,5-6,9-10H2,(H,20,22)/b12-11+/t16-/m0/s1. The molecular formula is C18H20N2O2. The lowest BCUT2D eigenvalue weighted by Crippen LogP contribution is -2.41. The van der Waals surface area contributed by atoms with Gasteiger partial charge < -0.3 is 5.32 Å². The van der Waals surface area contributed by atoms with E-state index in [1.807, 2.05) is 36.4 Å². The number of benzene rings is 1. The molecule has 4 nitrogen and oxygen atoms in total. The van der Waals surface area contributed by atoms with Crippen LogP contribution in [0.5, 0.6) is 0 Å². The van der Waals surface area contributed by atoms with Crippen LogP contribution in [0, 0.1) is 17.2 Å². The van der Waals surface area contributed by atoms with Gasteiger partial charge in [-0.2, -0.15) is 5.26 Å². The second kappa shape index (κ2) is 8.14. The van der Waals surface area contributed by atoms with Crippen molar-refractivity contribution in [2.24, 2.45) is 5.92 Å². The van der Waals surface area contributed by atoms with Crippen molar-refractivity contribution in [2.75, 3.05) is 0 Å². The van der Waals surface area contributed by atoms with Crippen molar-refractivity contribution in [1.29, 1.82) is 5.26 Å². The number of carbonyl (C=O) groups excluding carboxylic acids is 2. The number of nitrogens with one attached hydrogen (secondary N) is 1. The molecule has 4 heteroatoms. The van der Waals surface area contributed by atoms with E-state index in [1.54, 1.807) is 6.08 Å². The molecule has 0 radical (unpaired) electrons. The van der Waals surface area contributed by atoms with Crippen molar-refractivity contribution >= 4 is 17.8 Å². The van der Waals surface area contributed by atoms with E-state index in [-0.39, 0.29) is 6.04 Å². The van der Waals surface area contributed by atoms with E-state index in [1.165, 1.54) is 12.5 Å². The summed E-state index contributed by atoms with van der Waals surface area (Å²) < 4.78 is 0. The molecule has 0 aliphatic heterocycles. The minimum atomic E-state index is -1.26. The van der Waals surface area contributed by atoms with E-state index in [9.17, 15) is 9.59 Å². The molecule has 1 fully saturated rings. The molecule has 22 heavy (non-hydrogen) atoms. The highest BCUT2D eigenvalue weighted by Crippen LogP contribution is 2.18. The van der Waals surface area contributed by atoms with Crippen LogP contribution in [-0.2, 0) is 9.59 Å². The van der Waals surface area contributed by atoms with Crippen molar-refractivity contribution in [3.63, 3.8) is 0 Å². The molecule has 0 unspecified atom stereocenters. The topological polar surface area (TPSA) is 70.0 Å². The maximum absolute atomic E-state index is 12.1. The number of rotatable bonds is 5. The van der Waals surface area contributed by atoms with Crippen LogP contribution < -0.4 is 5.32 Å². The monoisotopic (exact) mass is 296 g/mol. The maximum atomic E-state index is 12.1. The van der Waals surface area contributed by atoms with Crippen LogP contribution in [0.4, 0.5) is 0 Å². The van der Waals surface area contributed by atoms with Gasteiger partial charge in [-0.05, 0) is 24.5 Å². The van der Waals surface area contributed by atoms with Gasteiger partial charge >= 0.3 is 0 Å². The van der Waals surface area contributed by atoms with Gasteiger partial charge in [0.1, 0.15) is 0 Å². The first-order valence-electron chi connectivity index (χ1n) is 7.67. The maximum Gasteiger partial charge on any atom is 0.245 e. The van der Waals surface area contributed by atoms with Gasteiger partial charge in [0.05, 0.1) is 6.07 Å². The van der Waals surface area contributed by atoms with E-state index in [2.05, 4.69) is 5.32 Å². The first-order chi connectivity index (χ1) is 10.7. The lowest BCUT2D eigenvalue weighted by Gasteiger charge is -2.23. The van der Waals surface area contributed by atoms with Crippen LogP contribution in [0.2, 0.25) is 0 Å². The first-order valence-corrected chi connectivity index (χ1v) is 7.67. The second-order valence-electron chi connectivity index (χ2n) is 5.55. The molecule has 1 aliphatic rings. The molecule has 0 heterocycles. The van der Waals surface area contributed by atoms with Crippen LogP contribution in [0.3, 0.4) is 0 Å². The third-order valence-corrected chi connectivity index (χ3v) is 3.87. The molecule has 1 amide bonds. The Balaban J connectivity index is 1.95.